The molecule has 148 valence electrons. The lowest BCUT2D eigenvalue weighted by Crippen LogP contribution is -2.54. The van der Waals surface area contributed by atoms with Crippen LogP contribution in [0.15, 0.2) is 35.9 Å². The SMILES string of the molecule is COc1ccc(N2CCN([C@@H](C)C(=O)NCCC3=CCCCC3)CC2)cc1. The van der Waals surface area contributed by atoms with Crippen molar-refractivity contribution in [2.75, 3.05) is 44.7 Å². The summed E-state index contributed by atoms with van der Waals surface area (Å²) in [5.41, 5.74) is 2.73. The van der Waals surface area contributed by atoms with Crippen molar-refractivity contribution in [1.29, 1.82) is 0 Å². The Morgan fingerprint density at radius 2 is 1.89 bits per heavy atom. The summed E-state index contributed by atoms with van der Waals surface area (Å²) in [6.45, 7) is 6.49. The van der Waals surface area contributed by atoms with Crippen LogP contribution in [0.5, 0.6) is 5.75 Å². The molecular weight excluding hydrogens is 338 g/mol. The van der Waals surface area contributed by atoms with Crippen molar-refractivity contribution in [2.24, 2.45) is 0 Å². The van der Waals surface area contributed by atoms with Crippen molar-refractivity contribution in [3.63, 3.8) is 0 Å². The maximum absolute atomic E-state index is 12.5. The summed E-state index contributed by atoms with van der Waals surface area (Å²) in [5, 5.41) is 3.13. The van der Waals surface area contributed by atoms with E-state index in [1.54, 1.807) is 7.11 Å². The number of benzene rings is 1. The Kier molecular flexibility index (Phi) is 7.16. The molecule has 1 heterocycles. The summed E-state index contributed by atoms with van der Waals surface area (Å²) in [6.07, 6.45) is 8.39. The van der Waals surface area contributed by atoms with Gasteiger partial charge in [0, 0.05) is 38.4 Å². The molecule has 3 rings (SSSR count). The number of anilines is 1. The Bertz CT molecular complexity index is 633. The summed E-state index contributed by atoms with van der Waals surface area (Å²) < 4.78 is 5.23. The van der Waals surface area contributed by atoms with Crippen LogP contribution in [0, 0.1) is 0 Å². The minimum absolute atomic E-state index is 0.0663. The average Bonchev–Trinajstić information content (AvgIpc) is 2.74. The van der Waals surface area contributed by atoms with E-state index in [4.69, 9.17) is 4.74 Å². The van der Waals surface area contributed by atoms with Gasteiger partial charge in [-0.05, 0) is 63.3 Å². The highest BCUT2D eigenvalue weighted by Crippen LogP contribution is 2.21. The molecule has 1 amide bonds. The van der Waals surface area contributed by atoms with Gasteiger partial charge in [-0.3, -0.25) is 9.69 Å². The number of amides is 1. The fraction of sp³-hybridized carbons (Fsp3) is 0.591. The molecule has 27 heavy (non-hydrogen) atoms. The van der Waals surface area contributed by atoms with Crippen LogP contribution in [0.2, 0.25) is 0 Å². The Morgan fingerprint density at radius 1 is 1.15 bits per heavy atom. The number of hydrogen-bond donors (Lipinski definition) is 1. The van der Waals surface area contributed by atoms with E-state index in [9.17, 15) is 4.79 Å². The van der Waals surface area contributed by atoms with E-state index in [1.807, 2.05) is 19.1 Å². The molecule has 1 fully saturated rings. The van der Waals surface area contributed by atoms with E-state index >= 15 is 0 Å². The number of piperazine rings is 1. The topological polar surface area (TPSA) is 44.8 Å². The Hall–Kier alpha value is -2.01. The summed E-state index contributed by atoms with van der Waals surface area (Å²) >= 11 is 0. The average molecular weight is 372 g/mol. The fourth-order valence-corrected chi connectivity index (χ4v) is 3.95. The van der Waals surface area contributed by atoms with Crippen LogP contribution in [-0.4, -0.2) is 56.7 Å². The number of ether oxygens (including phenoxy) is 1. The fourth-order valence-electron chi connectivity index (χ4n) is 3.95. The van der Waals surface area contributed by atoms with Gasteiger partial charge in [0.15, 0.2) is 0 Å². The largest absolute Gasteiger partial charge is 0.497 e. The zero-order valence-electron chi connectivity index (χ0n) is 16.7. The zero-order valence-corrected chi connectivity index (χ0v) is 16.7. The van der Waals surface area contributed by atoms with Crippen LogP contribution in [0.25, 0.3) is 0 Å². The third-order valence-electron chi connectivity index (χ3n) is 5.81. The molecule has 0 unspecified atom stereocenters. The Balaban J connectivity index is 1.41. The number of allylic oxidation sites excluding steroid dienone is 1. The lowest BCUT2D eigenvalue weighted by atomic mass is 9.97. The molecular formula is C22H33N3O2. The first-order chi connectivity index (χ1) is 13.2. The molecule has 0 radical (unpaired) electrons. The highest BCUT2D eigenvalue weighted by Gasteiger charge is 2.25. The third kappa shape index (κ3) is 5.48. The number of carbonyl (C=O) groups is 1. The van der Waals surface area contributed by atoms with Crippen LogP contribution >= 0.6 is 0 Å². The lowest BCUT2D eigenvalue weighted by molar-refractivity contribution is -0.125. The highest BCUT2D eigenvalue weighted by molar-refractivity contribution is 5.81. The molecule has 1 atom stereocenters. The van der Waals surface area contributed by atoms with Crippen molar-refractivity contribution in [3.05, 3.63) is 35.9 Å². The Morgan fingerprint density at radius 3 is 2.52 bits per heavy atom. The molecule has 1 aliphatic heterocycles. The van der Waals surface area contributed by atoms with E-state index < -0.39 is 0 Å². The smallest absolute Gasteiger partial charge is 0.237 e. The maximum atomic E-state index is 12.5. The van der Waals surface area contributed by atoms with Crippen molar-refractivity contribution >= 4 is 11.6 Å². The zero-order chi connectivity index (χ0) is 19.1. The minimum Gasteiger partial charge on any atom is -0.497 e. The van der Waals surface area contributed by atoms with Crippen LogP contribution in [0.4, 0.5) is 5.69 Å². The van der Waals surface area contributed by atoms with Gasteiger partial charge < -0.3 is 15.0 Å². The molecule has 1 aromatic carbocycles. The predicted octanol–water partition coefficient (Wildman–Crippen LogP) is 3.21. The lowest BCUT2D eigenvalue weighted by Gasteiger charge is -2.38. The molecule has 5 nitrogen and oxygen atoms in total. The second-order valence-electron chi connectivity index (χ2n) is 7.55. The van der Waals surface area contributed by atoms with E-state index in [0.29, 0.717) is 0 Å². The summed E-state index contributed by atoms with van der Waals surface area (Å²) in [7, 11) is 1.69. The molecule has 2 aliphatic rings. The first-order valence-corrected chi connectivity index (χ1v) is 10.3. The number of hydrogen-bond acceptors (Lipinski definition) is 4. The monoisotopic (exact) mass is 371 g/mol. The summed E-state index contributed by atoms with van der Waals surface area (Å²) in [6, 6.07) is 8.14. The van der Waals surface area contributed by atoms with E-state index in [2.05, 4.69) is 33.3 Å². The molecule has 0 saturated carbocycles. The van der Waals surface area contributed by atoms with Gasteiger partial charge >= 0.3 is 0 Å². The standard InChI is InChI=1S/C22H33N3O2/c1-18(22(26)23-13-12-19-6-4-3-5-7-19)24-14-16-25(17-15-24)20-8-10-21(27-2)11-9-20/h6,8-11,18H,3-5,7,12-17H2,1-2H3,(H,23,26)/t18-/m0/s1. The predicted molar refractivity (Wildman–Crippen MR) is 110 cm³/mol. The highest BCUT2D eigenvalue weighted by atomic mass is 16.5. The molecule has 0 aromatic heterocycles. The second-order valence-corrected chi connectivity index (χ2v) is 7.55. The van der Waals surface area contributed by atoms with Crippen LogP contribution in [-0.2, 0) is 4.79 Å². The number of rotatable bonds is 7. The molecule has 1 N–H and O–H groups in total. The third-order valence-corrected chi connectivity index (χ3v) is 5.81. The van der Waals surface area contributed by atoms with Gasteiger partial charge in [0.1, 0.15) is 5.75 Å². The second kappa shape index (κ2) is 9.79. The van der Waals surface area contributed by atoms with Crippen LogP contribution in [0.1, 0.15) is 39.0 Å². The maximum Gasteiger partial charge on any atom is 0.237 e. The number of carbonyl (C=O) groups excluding carboxylic acids is 1. The van der Waals surface area contributed by atoms with Crippen molar-refractivity contribution in [1.82, 2.24) is 10.2 Å². The quantitative estimate of drug-likeness (QED) is 0.748. The van der Waals surface area contributed by atoms with E-state index in [1.165, 1.54) is 36.9 Å². The molecule has 1 aliphatic carbocycles. The van der Waals surface area contributed by atoms with Gasteiger partial charge in [0.2, 0.25) is 5.91 Å². The molecule has 1 aromatic rings. The van der Waals surface area contributed by atoms with Crippen LogP contribution < -0.4 is 15.0 Å². The first-order valence-electron chi connectivity index (χ1n) is 10.3. The van der Waals surface area contributed by atoms with Gasteiger partial charge in [-0.15, -0.1) is 0 Å². The minimum atomic E-state index is -0.0663. The molecule has 0 bridgehead atoms. The molecule has 0 spiro atoms. The van der Waals surface area contributed by atoms with Gasteiger partial charge in [0.05, 0.1) is 13.2 Å². The molecule has 5 heteroatoms. The number of methoxy groups -OCH3 is 1. The van der Waals surface area contributed by atoms with Crippen LogP contribution in [0.3, 0.4) is 0 Å². The Labute approximate surface area is 163 Å². The van der Waals surface area contributed by atoms with E-state index in [0.717, 1.165) is 44.9 Å². The van der Waals surface area contributed by atoms with Gasteiger partial charge in [-0.1, -0.05) is 11.6 Å². The summed E-state index contributed by atoms with van der Waals surface area (Å²) in [5.74, 6) is 1.04. The normalized spacial score (nSPS) is 19.3. The van der Waals surface area contributed by atoms with Gasteiger partial charge in [-0.2, -0.15) is 0 Å². The summed E-state index contributed by atoms with van der Waals surface area (Å²) in [4.78, 5) is 17.2. The molecule has 1 saturated heterocycles. The van der Waals surface area contributed by atoms with Crippen molar-refractivity contribution < 1.29 is 9.53 Å². The van der Waals surface area contributed by atoms with Crippen molar-refractivity contribution in [3.8, 4) is 5.75 Å². The van der Waals surface area contributed by atoms with E-state index in [-0.39, 0.29) is 11.9 Å². The number of nitrogens with one attached hydrogen (secondary N) is 1. The number of nitrogens with zero attached hydrogens (tertiary/aromatic N) is 2. The van der Waals surface area contributed by atoms with Gasteiger partial charge in [-0.25, -0.2) is 0 Å². The first kappa shape index (κ1) is 19.7. The van der Waals surface area contributed by atoms with Crippen molar-refractivity contribution in [2.45, 2.75) is 45.1 Å². The van der Waals surface area contributed by atoms with Gasteiger partial charge in [0.25, 0.3) is 0 Å².